The molecule has 2 rings (SSSR count). The Kier molecular flexibility index (Phi) is 4.95. The summed E-state index contributed by atoms with van der Waals surface area (Å²) in [6.45, 7) is 6.25. The van der Waals surface area contributed by atoms with Gasteiger partial charge in [0.2, 0.25) is 0 Å². The van der Waals surface area contributed by atoms with E-state index in [0.29, 0.717) is 12.1 Å². The van der Waals surface area contributed by atoms with Gasteiger partial charge >= 0.3 is 0 Å². The van der Waals surface area contributed by atoms with Gasteiger partial charge in [-0.25, -0.2) is 4.98 Å². The first-order chi connectivity index (χ1) is 8.29. The van der Waals surface area contributed by atoms with Crippen molar-refractivity contribution in [1.29, 1.82) is 0 Å². The van der Waals surface area contributed by atoms with Crippen molar-refractivity contribution >= 4 is 11.3 Å². The molecule has 0 radical (unpaired) electrons. The molecule has 1 aromatic rings. The Morgan fingerprint density at radius 2 is 2.53 bits per heavy atom. The molecule has 4 heteroatoms. The molecule has 2 unspecified atom stereocenters. The van der Waals surface area contributed by atoms with E-state index in [2.05, 4.69) is 29.5 Å². The van der Waals surface area contributed by atoms with Crippen LogP contribution in [0, 0.1) is 6.92 Å². The number of nitrogens with one attached hydrogen (secondary N) is 1. The Labute approximate surface area is 108 Å². The molecule has 96 valence electrons. The van der Waals surface area contributed by atoms with Crippen molar-refractivity contribution in [3.63, 3.8) is 0 Å². The van der Waals surface area contributed by atoms with Crippen LogP contribution < -0.4 is 5.32 Å². The molecule has 1 aliphatic heterocycles. The van der Waals surface area contributed by atoms with Crippen molar-refractivity contribution < 1.29 is 4.74 Å². The maximum Gasteiger partial charge on any atom is 0.0897 e. The van der Waals surface area contributed by atoms with E-state index >= 15 is 0 Å². The quantitative estimate of drug-likeness (QED) is 0.847. The average molecular weight is 254 g/mol. The van der Waals surface area contributed by atoms with Gasteiger partial charge in [0.15, 0.2) is 0 Å². The zero-order valence-electron chi connectivity index (χ0n) is 10.7. The second kappa shape index (κ2) is 6.47. The summed E-state index contributed by atoms with van der Waals surface area (Å²) in [4.78, 5) is 4.55. The molecule has 0 saturated carbocycles. The second-order valence-electron chi connectivity index (χ2n) is 4.67. The summed E-state index contributed by atoms with van der Waals surface area (Å²) in [5.41, 5.74) is 1.21. The zero-order chi connectivity index (χ0) is 12.1. The minimum absolute atomic E-state index is 0.378. The summed E-state index contributed by atoms with van der Waals surface area (Å²) >= 11 is 1.73. The minimum atomic E-state index is 0.378. The highest BCUT2D eigenvalue weighted by Gasteiger charge is 2.26. The van der Waals surface area contributed by atoms with Crippen LogP contribution in [0.15, 0.2) is 5.38 Å². The molecule has 1 N–H and O–H groups in total. The normalized spacial score (nSPS) is 21.9. The van der Waals surface area contributed by atoms with Crippen molar-refractivity contribution in [2.75, 3.05) is 13.2 Å². The van der Waals surface area contributed by atoms with Gasteiger partial charge in [0.25, 0.3) is 0 Å². The molecule has 0 spiro atoms. The first-order valence-corrected chi connectivity index (χ1v) is 7.43. The van der Waals surface area contributed by atoms with E-state index in [0.717, 1.165) is 24.6 Å². The Hall–Kier alpha value is -0.450. The average Bonchev–Trinajstić information content (AvgIpc) is 2.95. The van der Waals surface area contributed by atoms with Crippen molar-refractivity contribution in [3.05, 3.63) is 16.1 Å². The van der Waals surface area contributed by atoms with E-state index in [1.807, 2.05) is 0 Å². The predicted molar refractivity (Wildman–Crippen MR) is 71.6 cm³/mol. The Morgan fingerprint density at radius 3 is 3.12 bits per heavy atom. The third kappa shape index (κ3) is 3.76. The Balaban J connectivity index is 1.94. The molecule has 0 aliphatic carbocycles. The van der Waals surface area contributed by atoms with Crippen LogP contribution >= 0.6 is 11.3 Å². The molecule has 3 nitrogen and oxygen atoms in total. The van der Waals surface area contributed by atoms with E-state index in [1.54, 1.807) is 11.3 Å². The van der Waals surface area contributed by atoms with Crippen LogP contribution in [0.25, 0.3) is 0 Å². The molecular formula is C13H22N2OS. The van der Waals surface area contributed by atoms with Gasteiger partial charge < -0.3 is 10.1 Å². The number of hydrogen-bond acceptors (Lipinski definition) is 4. The first kappa shape index (κ1) is 13.0. The van der Waals surface area contributed by atoms with Gasteiger partial charge in [-0.15, -0.1) is 11.3 Å². The summed E-state index contributed by atoms with van der Waals surface area (Å²) in [6, 6.07) is 0.430. The number of aromatic nitrogens is 1. The van der Waals surface area contributed by atoms with Gasteiger partial charge in [-0.2, -0.15) is 0 Å². The molecule has 1 saturated heterocycles. The monoisotopic (exact) mass is 254 g/mol. The van der Waals surface area contributed by atoms with Crippen LogP contribution in [0.3, 0.4) is 0 Å². The highest BCUT2D eigenvalue weighted by atomic mass is 32.1. The molecular weight excluding hydrogens is 232 g/mol. The van der Waals surface area contributed by atoms with Crippen LogP contribution in [0.2, 0.25) is 0 Å². The third-order valence-corrected chi connectivity index (χ3v) is 3.99. The van der Waals surface area contributed by atoms with Crippen LogP contribution in [-0.2, 0) is 11.2 Å². The smallest absolute Gasteiger partial charge is 0.0897 e. The summed E-state index contributed by atoms with van der Waals surface area (Å²) < 4.78 is 5.80. The van der Waals surface area contributed by atoms with Gasteiger partial charge in [-0.05, 0) is 32.7 Å². The fraction of sp³-hybridized carbons (Fsp3) is 0.769. The maximum atomic E-state index is 5.80. The number of aryl methyl sites for hydroxylation is 1. The van der Waals surface area contributed by atoms with Crippen molar-refractivity contribution in [2.24, 2.45) is 0 Å². The summed E-state index contributed by atoms with van der Waals surface area (Å²) in [5, 5.41) is 6.93. The lowest BCUT2D eigenvalue weighted by molar-refractivity contribution is 0.0781. The van der Waals surface area contributed by atoms with Crippen molar-refractivity contribution in [3.8, 4) is 0 Å². The lowest BCUT2D eigenvalue weighted by Crippen LogP contribution is -2.41. The standard InChI is InChI=1S/C13H22N2OS/c1-3-6-14-12(13-5-4-7-16-13)8-11-9-17-10(2)15-11/h9,12-14H,3-8H2,1-2H3. The fourth-order valence-electron chi connectivity index (χ4n) is 2.31. The van der Waals surface area contributed by atoms with Crippen LogP contribution in [0.4, 0.5) is 0 Å². The number of nitrogens with zero attached hydrogens (tertiary/aromatic N) is 1. The molecule has 0 aromatic carbocycles. The summed E-state index contributed by atoms with van der Waals surface area (Å²) in [7, 11) is 0. The number of thiazole rings is 1. The van der Waals surface area contributed by atoms with Crippen molar-refractivity contribution in [2.45, 2.75) is 51.7 Å². The fourth-order valence-corrected chi connectivity index (χ4v) is 2.94. The second-order valence-corrected chi connectivity index (χ2v) is 5.74. The van der Waals surface area contributed by atoms with Crippen molar-refractivity contribution in [1.82, 2.24) is 10.3 Å². The SMILES string of the molecule is CCCNC(Cc1csc(C)n1)C1CCCO1. The molecule has 17 heavy (non-hydrogen) atoms. The Morgan fingerprint density at radius 1 is 1.65 bits per heavy atom. The highest BCUT2D eigenvalue weighted by molar-refractivity contribution is 7.09. The lowest BCUT2D eigenvalue weighted by Gasteiger charge is -2.23. The number of ether oxygens (including phenoxy) is 1. The molecule has 0 bridgehead atoms. The number of rotatable bonds is 6. The molecule has 2 heterocycles. The maximum absolute atomic E-state index is 5.80. The minimum Gasteiger partial charge on any atom is -0.377 e. The van der Waals surface area contributed by atoms with Crippen LogP contribution in [-0.4, -0.2) is 30.3 Å². The largest absolute Gasteiger partial charge is 0.377 e. The molecule has 1 aliphatic rings. The van der Waals surface area contributed by atoms with E-state index in [4.69, 9.17) is 4.74 Å². The molecule has 1 aromatic heterocycles. The van der Waals surface area contributed by atoms with E-state index in [1.165, 1.54) is 25.0 Å². The molecule has 0 amide bonds. The summed E-state index contributed by atoms with van der Waals surface area (Å²) in [5.74, 6) is 0. The number of hydrogen-bond donors (Lipinski definition) is 1. The van der Waals surface area contributed by atoms with E-state index in [-0.39, 0.29) is 0 Å². The zero-order valence-corrected chi connectivity index (χ0v) is 11.6. The predicted octanol–water partition coefficient (Wildman–Crippen LogP) is 2.54. The Bertz CT molecular complexity index is 334. The first-order valence-electron chi connectivity index (χ1n) is 6.55. The van der Waals surface area contributed by atoms with E-state index in [9.17, 15) is 0 Å². The van der Waals surface area contributed by atoms with Gasteiger partial charge in [0.05, 0.1) is 16.8 Å². The van der Waals surface area contributed by atoms with Crippen LogP contribution in [0.5, 0.6) is 0 Å². The van der Waals surface area contributed by atoms with Gasteiger partial charge in [0.1, 0.15) is 0 Å². The third-order valence-electron chi connectivity index (χ3n) is 3.17. The highest BCUT2D eigenvalue weighted by Crippen LogP contribution is 2.19. The van der Waals surface area contributed by atoms with Gasteiger partial charge in [-0.3, -0.25) is 0 Å². The van der Waals surface area contributed by atoms with Crippen LogP contribution in [0.1, 0.15) is 36.9 Å². The van der Waals surface area contributed by atoms with Gasteiger partial charge in [0, 0.05) is 24.4 Å². The summed E-state index contributed by atoms with van der Waals surface area (Å²) in [6.07, 6.45) is 4.92. The van der Waals surface area contributed by atoms with Gasteiger partial charge in [-0.1, -0.05) is 6.92 Å². The van der Waals surface area contributed by atoms with E-state index < -0.39 is 0 Å². The molecule has 2 atom stereocenters. The topological polar surface area (TPSA) is 34.2 Å². The lowest BCUT2D eigenvalue weighted by atomic mass is 10.0. The molecule has 1 fully saturated rings.